The fourth-order valence-corrected chi connectivity index (χ4v) is 3.35. The lowest BCUT2D eigenvalue weighted by Gasteiger charge is -2.30. The quantitative estimate of drug-likeness (QED) is 0.422. The molecule has 0 bridgehead atoms. The van der Waals surface area contributed by atoms with Crippen molar-refractivity contribution in [2.75, 3.05) is 26.2 Å². The number of hydrogen-bond donors (Lipinski definition) is 3. The minimum Gasteiger partial charge on any atom is -0.392 e. The summed E-state index contributed by atoms with van der Waals surface area (Å²) in [5.74, 6) is 0.325. The molecule has 0 saturated heterocycles. The van der Waals surface area contributed by atoms with Crippen molar-refractivity contribution in [3.8, 4) is 0 Å². The summed E-state index contributed by atoms with van der Waals surface area (Å²) in [5.41, 5.74) is 2.42. The molecule has 0 aromatic heterocycles. The van der Waals surface area contributed by atoms with Gasteiger partial charge in [0.05, 0.1) is 19.2 Å². The molecule has 0 heterocycles. The first-order valence-electron chi connectivity index (χ1n) is 10.3. The molecule has 6 heteroatoms. The van der Waals surface area contributed by atoms with Crippen molar-refractivity contribution in [1.29, 1.82) is 0 Å². The molecule has 2 aromatic rings. The third-order valence-electron chi connectivity index (χ3n) is 4.94. The summed E-state index contributed by atoms with van der Waals surface area (Å²) in [7, 11) is 0. The Bertz CT molecular complexity index is 763. The number of nitrogens with one attached hydrogen (secondary N) is 2. The number of hydrogen-bond acceptors (Lipinski definition) is 3. The maximum Gasteiger partial charge on any atom is 0.191 e. The summed E-state index contributed by atoms with van der Waals surface area (Å²) in [6, 6.07) is 15.5. The van der Waals surface area contributed by atoms with Crippen LogP contribution in [-0.4, -0.2) is 42.1 Å². The number of aliphatic hydroxyl groups is 1. The molecule has 158 valence electrons. The van der Waals surface area contributed by atoms with E-state index < -0.39 is 5.82 Å². The summed E-state index contributed by atoms with van der Waals surface area (Å²) in [4.78, 5) is 7.05. The van der Waals surface area contributed by atoms with Crippen LogP contribution in [0.15, 0.2) is 53.5 Å². The van der Waals surface area contributed by atoms with E-state index in [4.69, 9.17) is 0 Å². The Balaban J connectivity index is 2.12. The van der Waals surface area contributed by atoms with Crippen LogP contribution in [0.3, 0.4) is 0 Å². The first-order valence-corrected chi connectivity index (χ1v) is 10.3. The van der Waals surface area contributed by atoms with Crippen LogP contribution in [0.5, 0.6) is 0 Å². The average Bonchev–Trinajstić information content (AvgIpc) is 2.76. The summed E-state index contributed by atoms with van der Waals surface area (Å²) >= 11 is 0. The monoisotopic (exact) mass is 400 g/mol. The standard InChI is InChI=1S/C23H33FN4O/c1-4-25-23(26-15-18-12-13-21(24)20(14-18)17-29)27-16-22(28(5-2)6-3)19-10-8-7-9-11-19/h7-14,22,29H,4-6,15-17H2,1-3H3,(H2,25,26,27). The molecular formula is C23H33FN4O. The van der Waals surface area contributed by atoms with E-state index >= 15 is 0 Å². The predicted octanol–water partition coefficient (Wildman–Crippen LogP) is 3.46. The normalized spacial score (nSPS) is 12.8. The number of likely N-dealkylation sites (N-methyl/N-ethyl adjacent to an activating group) is 1. The van der Waals surface area contributed by atoms with Gasteiger partial charge in [0.25, 0.3) is 0 Å². The maximum absolute atomic E-state index is 13.6. The number of guanidine groups is 1. The molecule has 0 saturated carbocycles. The van der Waals surface area contributed by atoms with Gasteiger partial charge in [-0.1, -0.05) is 50.2 Å². The Morgan fingerprint density at radius 2 is 1.79 bits per heavy atom. The van der Waals surface area contributed by atoms with Gasteiger partial charge in [0.15, 0.2) is 5.96 Å². The lowest BCUT2D eigenvalue weighted by atomic mass is 10.1. The summed E-state index contributed by atoms with van der Waals surface area (Å²) in [6.07, 6.45) is 0. The molecule has 0 radical (unpaired) electrons. The van der Waals surface area contributed by atoms with Crippen LogP contribution in [0.4, 0.5) is 4.39 Å². The Kier molecular flexibility index (Phi) is 9.60. The Morgan fingerprint density at radius 3 is 2.41 bits per heavy atom. The van der Waals surface area contributed by atoms with Crippen molar-refractivity contribution in [2.45, 2.75) is 40.0 Å². The smallest absolute Gasteiger partial charge is 0.191 e. The van der Waals surface area contributed by atoms with Crippen LogP contribution in [0, 0.1) is 5.82 Å². The van der Waals surface area contributed by atoms with Crippen LogP contribution in [0.25, 0.3) is 0 Å². The van der Waals surface area contributed by atoms with E-state index in [-0.39, 0.29) is 12.6 Å². The van der Waals surface area contributed by atoms with Gasteiger partial charge < -0.3 is 15.7 Å². The molecule has 0 spiro atoms. The molecule has 1 atom stereocenters. The molecule has 5 nitrogen and oxygen atoms in total. The van der Waals surface area contributed by atoms with Gasteiger partial charge >= 0.3 is 0 Å². The fourth-order valence-electron chi connectivity index (χ4n) is 3.35. The van der Waals surface area contributed by atoms with Gasteiger partial charge in [-0.05, 0) is 43.3 Å². The van der Waals surface area contributed by atoms with E-state index in [9.17, 15) is 9.50 Å². The minimum absolute atomic E-state index is 0.238. The van der Waals surface area contributed by atoms with Gasteiger partial charge in [0.1, 0.15) is 5.82 Å². The van der Waals surface area contributed by atoms with Crippen molar-refractivity contribution in [2.24, 2.45) is 4.99 Å². The number of aliphatic imine (C=N–C) groups is 1. The zero-order chi connectivity index (χ0) is 21.1. The Labute approximate surface area is 173 Å². The lowest BCUT2D eigenvalue weighted by Crippen LogP contribution is -2.43. The van der Waals surface area contributed by atoms with Crippen LogP contribution < -0.4 is 10.6 Å². The summed E-state index contributed by atoms with van der Waals surface area (Å²) < 4.78 is 13.6. The van der Waals surface area contributed by atoms with Gasteiger partial charge in [0, 0.05) is 18.7 Å². The third-order valence-corrected chi connectivity index (χ3v) is 4.94. The van der Waals surface area contributed by atoms with Gasteiger partial charge in [-0.3, -0.25) is 4.90 Å². The number of benzene rings is 2. The third kappa shape index (κ3) is 6.84. The molecule has 1 unspecified atom stereocenters. The minimum atomic E-state index is -0.393. The predicted molar refractivity (Wildman–Crippen MR) is 117 cm³/mol. The largest absolute Gasteiger partial charge is 0.392 e. The highest BCUT2D eigenvalue weighted by atomic mass is 19.1. The molecule has 0 aliphatic heterocycles. The van der Waals surface area contributed by atoms with Crippen molar-refractivity contribution in [1.82, 2.24) is 15.5 Å². The highest BCUT2D eigenvalue weighted by Gasteiger charge is 2.18. The van der Waals surface area contributed by atoms with E-state index in [0.717, 1.165) is 37.7 Å². The number of halogens is 1. The molecular weight excluding hydrogens is 367 g/mol. The van der Waals surface area contributed by atoms with Crippen LogP contribution in [0.2, 0.25) is 0 Å². The van der Waals surface area contributed by atoms with E-state index in [1.165, 1.54) is 11.6 Å². The van der Waals surface area contributed by atoms with Crippen LogP contribution in [-0.2, 0) is 13.2 Å². The lowest BCUT2D eigenvalue weighted by molar-refractivity contribution is 0.219. The van der Waals surface area contributed by atoms with E-state index in [1.807, 2.05) is 13.0 Å². The van der Waals surface area contributed by atoms with Gasteiger partial charge in [-0.25, -0.2) is 9.38 Å². The maximum atomic E-state index is 13.6. The second-order valence-corrected chi connectivity index (χ2v) is 6.81. The van der Waals surface area contributed by atoms with Gasteiger partial charge in [0.2, 0.25) is 0 Å². The molecule has 0 aliphatic rings. The molecule has 0 amide bonds. The van der Waals surface area contributed by atoms with Crippen molar-refractivity contribution < 1.29 is 9.50 Å². The summed E-state index contributed by atoms with van der Waals surface area (Å²) in [5, 5.41) is 16.0. The molecule has 29 heavy (non-hydrogen) atoms. The van der Waals surface area contributed by atoms with Crippen molar-refractivity contribution >= 4 is 5.96 Å². The van der Waals surface area contributed by atoms with Crippen LogP contribution >= 0.6 is 0 Å². The van der Waals surface area contributed by atoms with E-state index in [2.05, 4.69) is 58.6 Å². The highest BCUT2D eigenvalue weighted by Crippen LogP contribution is 2.19. The molecule has 3 N–H and O–H groups in total. The Hall–Kier alpha value is -2.44. The average molecular weight is 401 g/mol. The molecule has 2 rings (SSSR count). The second-order valence-electron chi connectivity index (χ2n) is 6.81. The van der Waals surface area contributed by atoms with E-state index in [0.29, 0.717) is 12.1 Å². The van der Waals surface area contributed by atoms with Gasteiger partial charge in [-0.2, -0.15) is 0 Å². The van der Waals surface area contributed by atoms with Crippen LogP contribution in [0.1, 0.15) is 43.5 Å². The van der Waals surface area contributed by atoms with Crippen molar-refractivity contribution in [3.63, 3.8) is 0 Å². The zero-order valence-electron chi connectivity index (χ0n) is 17.7. The SMILES string of the molecule is CCNC(=NCc1ccc(F)c(CO)c1)NCC(c1ccccc1)N(CC)CC. The van der Waals surface area contributed by atoms with E-state index in [1.54, 1.807) is 12.1 Å². The zero-order valence-corrected chi connectivity index (χ0v) is 17.7. The highest BCUT2D eigenvalue weighted by molar-refractivity contribution is 5.79. The first kappa shape index (κ1) is 22.8. The Morgan fingerprint density at radius 1 is 1.07 bits per heavy atom. The molecule has 0 fully saturated rings. The topological polar surface area (TPSA) is 59.9 Å². The van der Waals surface area contributed by atoms with Gasteiger partial charge in [-0.15, -0.1) is 0 Å². The number of nitrogens with zero attached hydrogens (tertiary/aromatic N) is 2. The fraction of sp³-hybridized carbons (Fsp3) is 0.435. The summed E-state index contributed by atoms with van der Waals surface area (Å²) in [6.45, 7) is 9.86. The molecule has 2 aromatic carbocycles. The molecule has 0 aliphatic carbocycles. The second kappa shape index (κ2) is 12.2. The van der Waals surface area contributed by atoms with Crippen molar-refractivity contribution in [3.05, 3.63) is 71.0 Å². The number of aliphatic hydroxyl groups excluding tert-OH is 1. The number of rotatable bonds is 10. The first-order chi connectivity index (χ1) is 14.1.